The monoisotopic (exact) mass is 222 g/mol. The number of rotatable bonds is 4. The fourth-order valence-corrected chi connectivity index (χ4v) is 1.03. The number of benzene rings is 1. The predicted molar refractivity (Wildman–Crippen MR) is 70.6 cm³/mol. The van der Waals surface area contributed by atoms with Crippen LogP contribution >= 0.6 is 0 Å². The molecule has 3 heteroatoms. The molecule has 0 saturated carbocycles. The topological polar surface area (TPSA) is 44.3 Å². The molecule has 3 N–H and O–H groups in total. The Labute approximate surface area is 98.2 Å². The van der Waals surface area contributed by atoms with E-state index in [0.717, 1.165) is 5.69 Å². The summed E-state index contributed by atoms with van der Waals surface area (Å²) in [6.07, 6.45) is 1.72. The minimum absolute atomic E-state index is 0.145. The van der Waals surface area contributed by atoms with E-state index >= 15 is 0 Å². The first-order valence-electron chi connectivity index (χ1n) is 5.62. The molecule has 1 unspecified atom stereocenters. The van der Waals surface area contributed by atoms with E-state index in [2.05, 4.69) is 10.6 Å². The summed E-state index contributed by atoms with van der Waals surface area (Å²) in [5.41, 5.74) is 0.879. The molecule has 0 spiro atoms. The first-order valence-corrected chi connectivity index (χ1v) is 5.62. The summed E-state index contributed by atoms with van der Waals surface area (Å²) in [4.78, 5) is 0. The quantitative estimate of drug-likeness (QED) is 0.686. The SMILES string of the molecule is CC.CNC(C)/C=C(/O)Nc1ccccc1. The molecule has 1 rings (SSSR count). The maximum Gasteiger partial charge on any atom is 0.186 e. The number of hydrogen-bond acceptors (Lipinski definition) is 3. The molecule has 0 aliphatic carbocycles. The molecular weight excluding hydrogens is 200 g/mol. The van der Waals surface area contributed by atoms with E-state index < -0.39 is 0 Å². The smallest absolute Gasteiger partial charge is 0.186 e. The van der Waals surface area contributed by atoms with Gasteiger partial charge in [-0.2, -0.15) is 0 Å². The summed E-state index contributed by atoms with van der Waals surface area (Å²) in [6, 6.07) is 9.70. The van der Waals surface area contributed by atoms with Gasteiger partial charge in [-0.25, -0.2) is 0 Å². The summed E-state index contributed by atoms with van der Waals surface area (Å²) in [5.74, 6) is 0.165. The number of anilines is 1. The third-order valence-corrected chi connectivity index (χ3v) is 1.91. The van der Waals surface area contributed by atoms with Gasteiger partial charge in [-0.1, -0.05) is 32.0 Å². The van der Waals surface area contributed by atoms with E-state index in [1.54, 1.807) is 6.08 Å². The molecule has 0 fully saturated rings. The number of para-hydroxylation sites is 1. The van der Waals surface area contributed by atoms with Crippen LogP contribution in [0.2, 0.25) is 0 Å². The van der Waals surface area contributed by atoms with Gasteiger partial charge in [-0.05, 0) is 32.2 Å². The van der Waals surface area contributed by atoms with Gasteiger partial charge in [0.1, 0.15) is 0 Å². The number of hydrogen-bond donors (Lipinski definition) is 3. The maximum absolute atomic E-state index is 9.51. The number of aliphatic hydroxyl groups is 1. The lowest BCUT2D eigenvalue weighted by atomic mass is 10.3. The van der Waals surface area contributed by atoms with Crippen LogP contribution < -0.4 is 10.6 Å². The molecule has 16 heavy (non-hydrogen) atoms. The van der Waals surface area contributed by atoms with Crippen molar-refractivity contribution in [1.82, 2.24) is 5.32 Å². The van der Waals surface area contributed by atoms with E-state index in [1.807, 2.05) is 58.2 Å². The lowest BCUT2D eigenvalue weighted by Crippen LogP contribution is -2.19. The summed E-state index contributed by atoms with van der Waals surface area (Å²) >= 11 is 0. The minimum Gasteiger partial charge on any atom is -0.495 e. The first-order chi connectivity index (χ1) is 7.72. The van der Waals surface area contributed by atoms with Crippen molar-refractivity contribution in [3.63, 3.8) is 0 Å². The molecule has 90 valence electrons. The average molecular weight is 222 g/mol. The maximum atomic E-state index is 9.51. The average Bonchev–Trinajstić information content (AvgIpc) is 2.32. The highest BCUT2D eigenvalue weighted by Gasteiger charge is 1.97. The van der Waals surface area contributed by atoms with Gasteiger partial charge in [0.15, 0.2) is 5.88 Å². The van der Waals surface area contributed by atoms with Crippen LogP contribution in [0.3, 0.4) is 0 Å². The number of aliphatic hydroxyl groups excluding tert-OH is 1. The normalized spacial score (nSPS) is 12.4. The van der Waals surface area contributed by atoms with Crippen LogP contribution in [-0.2, 0) is 0 Å². The standard InChI is InChI=1S/C11H16N2O.C2H6/c1-9(12-2)8-11(14)13-10-6-4-3-5-7-10;1-2/h3-9,12-14H,1-2H3;1-2H3/b11-8+;. The molecule has 0 aliphatic heterocycles. The summed E-state index contributed by atoms with van der Waals surface area (Å²) in [5, 5.41) is 15.4. The highest BCUT2D eigenvalue weighted by Crippen LogP contribution is 2.07. The van der Waals surface area contributed by atoms with Gasteiger partial charge < -0.3 is 15.7 Å². The van der Waals surface area contributed by atoms with Gasteiger partial charge in [0.2, 0.25) is 0 Å². The molecule has 1 atom stereocenters. The van der Waals surface area contributed by atoms with E-state index in [9.17, 15) is 5.11 Å². The van der Waals surface area contributed by atoms with Gasteiger partial charge in [0, 0.05) is 11.7 Å². The van der Waals surface area contributed by atoms with Crippen LogP contribution in [0.25, 0.3) is 0 Å². The zero-order valence-corrected chi connectivity index (χ0v) is 10.5. The molecule has 0 saturated heterocycles. The van der Waals surface area contributed by atoms with Crippen LogP contribution in [0, 0.1) is 0 Å². The third-order valence-electron chi connectivity index (χ3n) is 1.91. The highest BCUT2D eigenvalue weighted by atomic mass is 16.3. The second kappa shape index (κ2) is 8.80. The predicted octanol–water partition coefficient (Wildman–Crippen LogP) is 3.13. The van der Waals surface area contributed by atoms with Gasteiger partial charge in [-0.15, -0.1) is 0 Å². The largest absolute Gasteiger partial charge is 0.495 e. The Morgan fingerprint density at radius 1 is 1.25 bits per heavy atom. The third kappa shape index (κ3) is 6.09. The Balaban J connectivity index is 0.00000106. The molecule has 0 aliphatic rings. The molecule has 0 aromatic heterocycles. The van der Waals surface area contributed by atoms with E-state index in [0.29, 0.717) is 0 Å². The second-order valence-corrected chi connectivity index (χ2v) is 3.12. The molecule has 0 amide bonds. The molecule has 1 aromatic carbocycles. The van der Waals surface area contributed by atoms with Crippen LogP contribution in [0.15, 0.2) is 42.3 Å². The van der Waals surface area contributed by atoms with E-state index in [1.165, 1.54) is 0 Å². The zero-order chi connectivity index (χ0) is 12.4. The molecule has 0 radical (unpaired) electrons. The molecular formula is C13H22N2O. The molecule has 1 aromatic rings. The Kier molecular flexibility index (Phi) is 7.98. The van der Waals surface area contributed by atoms with E-state index in [4.69, 9.17) is 0 Å². The summed E-state index contributed by atoms with van der Waals surface area (Å²) < 4.78 is 0. The fraction of sp³-hybridized carbons (Fsp3) is 0.385. The Morgan fingerprint density at radius 2 is 1.81 bits per heavy atom. The van der Waals surface area contributed by atoms with Crippen molar-refractivity contribution in [2.45, 2.75) is 26.8 Å². The number of likely N-dealkylation sites (N-methyl/N-ethyl adjacent to an activating group) is 1. The lowest BCUT2D eigenvalue weighted by molar-refractivity contribution is 0.413. The van der Waals surface area contributed by atoms with Gasteiger partial charge in [0.25, 0.3) is 0 Å². The van der Waals surface area contributed by atoms with Crippen LogP contribution in [0.5, 0.6) is 0 Å². The molecule has 3 nitrogen and oxygen atoms in total. The van der Waals surface area contributed by atoms with Crippen molar-refractivity contribution >= 4 is 5.69 Å². The van der Waals surface area contributed by atoms with Crippen molar-refractivity contribution < 1.29 is 5.11 Å². The minimum atomic E-state index is 0.145. The highest BCUT2D eigenvalue weighted by molar-refractivity contribution is 5.46. The summed E-state index contributed by atoms with van der Waals surface area (Å²) in [6.45, 7) is 5.96. The first kappa shape index (κ1) is 14.5. The lowest BCUT2D eigenvalue weighted by Gasteiger charge is -2.08. The Bertz CT molecular complexity index is 296. The summed E-state index contributed by atoms with van der Waals surface area (Å²) in [7, 11) is 1.84. The van der Waals surface area contributed by atoms with E-state index in [-0.39, 0.29) is 11.9 Å². The van der Waals surface area contributed by atoms with Crippen molar-refractivity contribution in [2.24, 2.45) is 0 Å². The van der Waals surface area contributed by atoms with Crippen LogP contribution in [0.1, 0.15) is 20.8 Å². The van der Waals surface area contributed by atoms with Gasteiger partial charge >= 0.3 is 0 Å². The molecule has 0 bridgehead atoms. The van der Waals surface area contributed by atoms with Crippen molar-refractivity contribution in [2.75, 3.05) is 12.4 Å². The zero-order valence-electron chi connectivity index (χ0n) is 10.5. The Hall–Kier alpha value is -1.48. The molecule has 0 heterocycles. The van der Waals surface area contributed by atoms with Crippen LogP contribution in [0.4, 0.5) is 5.69 Å². The second-order valence-electron chi connectivity index (χ2n) is 3.12. The number of nitrogens with one attached hydrogen (secondary N) is 2. The van der Waals surface area contributed by atoms with Crippen molar-refractivity contribution in [3.8, 4) is 0 Å². The van der Waals surface area contributed by atoms with Crippen molar-refractivity contribution in [1.29, 1.82) is 0 Å². The van der Waals surface area contributed by atoms with Crippen LogP contribution in [-0.4, -0.2) is 18.2 Å². The van der Waals surface area contributed by atoms with Crippen molar-refractivity contribution in [3.05, 3.63) is 42.3 Å². The van der Waals surface area contributed by atoms with Gasteiger partial charge in [0.05, 0.1) is 0 Å². The fourth-order valence-electron chi connectivity index (χ4n) is 1.03. The van der Waals surface area contributed by atoms with Gasteiger partial charge in [-0.3, -0.25) is 0 Å². The Morgan fingerprint density at radius 3 is 2.31 bits per heavy atom.